The molecule has 0 aromatic rings. The van der Waals surface area contributed by atoms with Crippen molar-refractivity contribution in [2.45, 2.75) is 45.4 Å². The lowest BCUT2D eigenvalue weighted by molar-refractivity contribution is 0.694. The van der Waals surface area contributed by atoms with Gasteiger partial charge in [0, 0.05) is 0 Å². The minimum atomic E-state index is 1.06. The van der Waals surface area contributed by atoms with Gasteiger partial charge in [-0.05, 0) is 26.2 Å². The van der Waals surface area contributed by atoms with Crippen molar-refractivity contribution < 1.29 is 0 Å². The zero-order valence-electron chi connectivity index (χ0n) is 9.41. The molecule has 14 heavy (non-hydrogen) atoms. The summed E-state index contributed by atoms with van der Waals surface area (Å²) in [5.41, 5.74) is 0. The van der Waals surface area contributed by atoms with Gasteiger partial charge in [-0.15, -0.1) is 0 Å². The molecule has 0 saturated carbocycles. The van der Waals surface area contributed by atoms with Gasteiger partial charge in [0.2, 0.25) is 0 Å². The van der Waals surface area contributed by atoms with Crippen LogP contribution in [0.1, 0.15) is 45.4 Å². The second-order valence-corrected chi connectivity index (χ2v) is 3.36. The molecule has 1 radical (unpaired) electrons. The Bertz CT molecular complexity index is 172. The molecular weight excluding hydrogens is 168 g/mol. The third kappa shape index (κ3) is 11.2. The molecule has 0 rings (SSSR count). The molecule has 0 unspecified atom stereocenters. The topological polar surface area (TPSA) is 0 Å². The number of allylic oxidation sites excluding steroid dienone is 6. The Morgan fingerprint density at radius 2 is 1.79 bits per heavy atom. The molecule has 0 amide bonds. The third-order valence-corrected chi connectivity index (χ3v) is 2.00. The molecule has 0 nitrogen and oxygen atoms in total. The molecule has 0 aromatic heterocycles. The first-order chi connectivity index (χ1) is 6.91. The maximum absolute atomic E-state index is 3.83. The number of hydrogen-bond donors (Lipinski definition) is 0. The highest BCUT2D eigenvalue weighted by Gasteiger charge is 1.83. The fourth-order valence-corrected chi connectivity index (χ4v) is 1.18. The van der Waals surface area contributed by atoms with Crippen LogP contribution < -0.4 is 0 Å². The van der Waals surface area contributed by atoms with Crippen LogP contribution in [0.3, 0.4) is 0 Å². The first-order valence-electron chi connectivity index (χ1n) is 5.64. The Balaban J connectivity index is 3.19. The van der Waals surface area contributed by atoms with E-state index in [9.17, 15) is 0 Å². The first-order valence-corrected chi connectivity index (χ1v) is 5.64. The number of hydrogen-bond acceptors (Lipinski definition) is 0. The largest absolute Gasteiger partial charge is 0.0882 e. The van der Waals surface area contributed by atoms with E-state index < -0.39 is 0 Å². The van der Waals surface area contributed by atoms with Crippen molar-refractivity contribution in [3.8, 4) is 0 Å². The highest BCUT2D eigenvalue weighted by Crippen LogP contribution is 2.03. The zero-order valence-corrected chi connectivity index (χ0v) is 9.41. The lowest BCUT2D eigenvalue weighted by Gasteiger charge is -1.93. The summed E-state index contributed by atoms with van der Waals surface area (Å²) in [6.45, 7) is 5.86. The smallest absolute Gasteiger partial charge is 0.0166 e. The average molecular weight is 191 g/mol. The summed E-state index contributed by atoms with van der Waals surface area (Å²) in [6.07, 6.45) is 20.1. The van der Waals surface area contributed by atoms with Gasteiger partial charge in [0.1, 0.15) is 0 Å². The van der Waals surface area contributed by atoms with Crippen LogP contribution in [0.5, 0.6) is 0 Å². The van der Waals surface area contributed by atoms with Gasteiger partial charge in [-0.2, -0.15) is 0 Å². The van der Waals surface area contributed by atoms with Crippen molar-refractivity contribution >= 4 is 0 Å². The van der Waals surface area contributed by atoms with Crippen molar-refractivity contribution in [2.24, 2.45) is 0 Å². The fourth-order valence-electron chi connectivity index (χ4n) is 1.18. The van der Waals surface area contributed by atoms with Crippen molar-refractivity contribution in [2.75, 3.05) is 0 Å². The molecule has 0 bridgehead atoms. The molecule has 0 aliphatic rings. The SMILES string of the molecule is [CH2]CCCCC/C=C/C/C=C/C=C/C. The first kappa shape index (κ1) is 13.2. The summed E-state index contributed by atoms with van der Waals surface area (Å²) < 4.78 is 0. The second-order valence-electron chi connectivity index (χ2n) is 3.36. The highest BCUT2D eigenvalue weighted by atomic mass is 13.9. The van der Waals surface area contributed by atoms with Crippen molar-refractivity contribution in [3.63, 3.8) is 0 Å². The highest BCUT2D eigenvalue weighted by molar-refractivity contribution is 5.03. The zero-order chi connectivity index (χ0) is 10.5. The lowest BCUT2D eigenvalue weighted by Crippen LogP contribution is -1.73. The van der Waals surface area contributed by atoms with Crippen LogP contribution in [0, 0.1) is 6.92 Å². The Kier molecular flexibility index (Phi) is 11.5. The van der Waals surface area contributed by atoms with Crippen LogP contribution in [0.15, 0.2) is 36.5 Å². The standard InChI is InChI=1S/C14H23/c1-3-5-7-9-11-13-14-12-10-8-6-4-2/h4,6,8,10,13-14H,1,3,5,7,9,11-12H2,2H3/b6-4+,10-8+,14-13+. The number of unbranched alkanes of at least 4 members (excludes halogenated alkanes) is 4. The summed E-state index contributed by atoms with van der Waals surface area (Å²) >= 11 is 0. The molecule has 0 saturated heterocycles. The summed E-state index contributed by atoms with van der Waals surface area (Å²) in [4.78, 5) is 0. The maximum atomic E-state index is 3.83. The molecule has 0 heterocycles. The monoisotopic (exact) mass is 191 g/mol. The molecule has 0 spiro atoms. The molecule has 79 valence electrons. The van der Waals surface area contributed by atoms with E-state index in [1.54, 1.807) is 0 Å². The molecule has 0 N–H and O–H groups in total. The van der Waals surface area contributed by atoms with Gasteiger partial charge < -0.3 is 0 Å². The van der Waals surface area contributed by atoms with Crippen LogP contribution in [0.25, 0.3) is 0 Å². The minimum Gasteiger partial charge on any atom is -0.0882 e. The Labute approximate surface area is 89.4 Å². The molecule has 0 aliphatic heterocycles. The molecule has 0 aromatic carbocycles. The average Bonchev–Trinajstić information content (AvgIpc) is 2.21. The molecule has 0 aliphatic carbocycles. The van der Waals surface area contributed by atoms with Crippen LogP contribution >= 0.6 is 0 Å². The molecule has 0 heteroatoms. The maximum Gasteiger partial charge on any atom is -0.0166 e. The summed E-state index contributed by atoms with van der Waals surface area (Å²) in [6, 6.07) is 0. The van der Waals surface area contributed by atoms with E-state index in [1.807, 2.05) is 13.0 Å². The van der Waals surface area contributed by atoms with Gasteiger partial charge >= 0.3 is 0 Å². The van der Waals surface area contributed by atoms with Gasteiger partial charge in [0.15, 0.2) is 0 Å². The van der Waals surface area contributed by atoms with Crippen molar-refractivity contribution in [1.82, 2.24) is 0 Å². The Morgan fingerprint density at radius 3 is 2.50 bits per heavy atom. The normalized spacial score (nSPS) is 12.4. The van der Waals surface area contributed by atoms with E-state index in [0.717, 1.165) is 12.8 Å². The molecule has 0 atom stereocenters. The van der Waals surface area contributed by atoms with Gasteiger partial charge in [0.25, 0.3) is 0 Å². The van der Waals surface area contributed by atoms with Gasteiger partial charge in [-0.1, -0.05) is 62.6 Å². The van der Waals surface area contributed by atoms with E-state index in [-0.39, 0.29) is 0 Å². The van der Waals surface area contributed by atoms with Crippen LogP contribution in [0.2, 0.25) is 0 Å². The summed E-state index contributed by atoms with van der Waals surface area (Å²) in [7, 11) is 0. The van der Waals surface area contributed by atoms with E-state index in [4.69, 9.17) is 0 Å². The van der Waals surface area contributed by atoms with Crippen LogP contribution in [-0.2, 0) is 0 Å². The lowest BCUT2D eigenvalue weighted by atomic mass is 10.1. The number of rotatable bonds is 8. The predicted molar refractivity (Wildman–Crippen MR) is 66.2 cm³/mol. The van der Waals surface area contributed by atoms with Crippen LogP contribution in [-0.4, -0.2) is 0 Å². The third-order valence-electron chi connectivity index (χ3n) is 2.00. The van der Waals surface area contributed by atoms with Crippen LogP contribution in [0.4, 0.5) is 0 Å². The predicted octanol–water partition coefficient (Wildman–Crippen LogP) is 4.85. The fraction of sp³-hybridized carbons (Fsp3) is 0.500. The molecular formula is C14H23. The van der Waals surface area contributed by atoms with E-state index in [1.165, 1.54) is 25.7 Å². The Morgan fingerprint density at radius 1 is 0.929 bits per heavy atom. The van der Waals surface area contributed by atoms with E-state index >= 15 is 0 Å². The van der Waals surface area contributed by atoms with E-state index in [0.29, 0.717) is 0 Å². The Hall–Kier alpha value is -0.780. The van der Waals surface area contributed by atoms with Gasteiger partial charge in [-0.3, -0.25) is 0 Å². The summed E-state index contributed by atoms with van der Waals surface area (Å²) in [5, 5.41) is 0. The van der Waals surface area contributed by atoms with Gasteiger partial charge in [0.05, 0.1) is 0 Å². The minimum absolute atomic E-state index is 1.06. The molecule has 0 fully saturated rings. The van der Waals surface area contributed by atoms with Gasteiger partial charge in [-0.25, -0.2) is 0 Å². The van der Waals surface area contributed by atoms with Crippen molar-refractivity contribution in [1.29, 1.82) is 0 Å². The summed E-state index contributed by atoms with van der Waals surface area (Å²) in [5.74, 6) is 0. The quantitative estimate of drug-likeness (QED) is 0.292. The van der Waals surface area contributed by atoms with Crippen molar-refractivity contribution in [3.05, 3.63) is 43.4 Å². The van der Waals surface area contributed by atoms with E-state index in [2.05, 4.69) is 37.3 Å². The second kappa shape index (κ2) is 12.2.